The summed E-state index contributed by atoms with van der Waals surface area (Å²) in [6.07, 6.45) is 2.60. The van der Waals surface area contributed by atoms with Crippen molar-refractivity contribution in [2.45, 2.75) is 45.7 Å². The summed E-state index contributed by atoms with van der Waals surface area (Å²) in [5.74, 6) is 0.860. The summed E-state index contributed by atoms with van der Waals surface area (Å²) in [7, 11) is 2.00. The lowest BCUT2D eigenvalue weighted by Crippen LogP contribution is -2.40. The minimum Gasteiger partial charge on any atom is -0.369 e. The van der Waals surface area contributed by atoms with Gasteiger partial charge >= 0.3 is 0 Å². The number of piperidine rings is 1. The van der Waals surface area contributed by atoms with Crippen LogP contribution in [-0.4, -0.2) is 19.6 Å². The topological polar surface area (TPSA) is 15.3 Å². The molecule has 1 aliphatic rings. The molecule has 1 saturated heterocycles. The zero-order valence-electron chi connectivity index (χ0n) is 12.4. The Morgan fingerprint density at radius 2 is 2.11 bits per heavy atom. The van der Waals surface area contributed by atoms with Crippen LogP contribution in [0.5, 0.6) is 0 Å². The lowest BCUT2D eigenvalue weighted by atomic mass is 9.93. The monoisotopic (exact) mass is 324 g/mol. The van der Waals surface area contributed by atoms with Crippen molar-refractivity contribution in [3.63, 3.8) is 0 Å². The number of rotatable bonds is 3. The van der Waals surface area contributed by atoms with Gasteiger partial charge in [-0.05, 0) is 57.4 Å². The molecule has 1 aromatic rings. The molecule has 0 aliphatic carbocycles. The van der Waals surface area contributed by atoms with E-state index in [1.807, 2.05) is 7.05 Å². The van der Waals surface area contributed by atoms with Gasteiger partial charge in [0.05, 0.1) is 0 Å². The van der Waals surface area contributed by atoms with Crippen LogP contribution < -0.4 is 10.2 Å². The molecule has 0 bridgehead atoms. The van der Waals surface area contributed by atoms with E-state index in [9.17, 15) is 0 Å². The molecule has 3 heteroatoms. The second-order valence-corrected chi connectivity index (χ2v) is 6.74. The standard InChI is InChI=1S/C16H25BrN2/c1-11-7-8-19(12(2)9-11)14-5-6-15(13(3)18-4)16(17)10-14/h5-6,10-13,18H,7-9H2,1-4H3. The van der Waals surface area contributed by atoms with E-state index in [0.717, 1.165) is 5.92 Å². The largest absolute Gasteiger partial charge is 0.369 e. The molecule has 0 radical (unpaired) electrons. The van der Waals surface area contributed by atoms with E-state index in [2.05, 4.69) is 65.1 Å². The lowest BCUT2D eigenvalue weighted by Gasteiger charge is -2.38. The smallest absolute Gasteiger partial charge is 0.0380 e. The maximum atomic E-state index is 3.72. The molecule has 3 atom stereocenters. The number of hydrogen-bond donors (Lipinski definition) is 1. The number of halogens is 1. The summed E-state index contributed by atoms with van der Waals surface area (Å²) in [6.45, 7) is 8.07. The third kappa shape index (κ3) is 3.32. The molecule has 0 saturated carbocycles. The molecular weight excluding hydrogens is 300 g/mol. The molecule has 106 valence electrons. The van der Waals surface area contributed by atoms with Crippen LogP contribution in [0.25, 0.3) is 0 Å². The molecule has 0 aromatic heterocycles. The first-order valence-electron chi connectivity index (χ1n) is 7.26. The number of benzene rings is 1. The predicted molar refractivity (Wildman–Crippen MR) is 86.8 cm³/mol. The van der Waals surface area contributed by atoms with E-state index in [1.165, 1.54) is 35.1 Å². The Labute approximate surface area is 125 Å². The Morgan fingerprint density at radius 3 is 2.68 bits per heavy atom. The van der Waals surface area contributed by atoms with E-state index in [-0.39, 0.29) is 0 Å². The zero-order chi connectivity index (χ0) is 14.0. The molecule has 2 nitrogen and oxygen atoms in total. The highest BCUT2D eigenvalue weighted by Gasteiger charge is 2.23. The van der Waals surface area contributed by atoms with E-state index < -0.39 is 0 Å². The fourth-order valence-corrected chi connectivity index (χ4v) is 3.70. The minimum absolute atomic E-state index is 0.377. The molecule has 1 aromatic carbocycles. The van der Waals surface area contributed by atoms with Gasteiger partial charge in [0.25, 0.3) is 0 Å². The van der Waals surface area contributed by atoms with Gasteiger partial charge in [-0.15, -0.1) is 0 Å². The van der Waals surface area contributed by atoms with Crippen LogP contribution in [0, 0.1) is 5.92 Å². The van der Waals surface area contributed by atoms with Gasteiger partial charge in [-0.2, -0.15) is 0 Å². The van der Waals surface area contributed by atoms with Gasteiger partial charge in [0.1, 0.15) is 0 Å². The predicted octanol–water partition coefficient (Wildman–Crippen LogP) is 4.35. The summed E-state index contributed by atoms with van der Waals surface area (Å²) in [4.78, 5) is 2.54. The van der Waals surface area contributed by atoms with E-state index in [4.69, 9.17) is 0 Å². The third-order valence-corrected chi connectivity index (χ3v) is 5.04. The number of anilines is 1. The zero-order valence-corrected chi connectivity index (χ0v) is 14.0. The van der Waals surface area contributed by atoms with Crippen molar-refractivity contribution in [2.75, 3.05) is 18.5 Å². The molecule has 1 N–H and O–H groups in total. The van der Waals surface area contributed by atoms with Crippen LogP contribution in [-0.2, 0) is 0 Å². The van der Waals surface area contributed by atoms with Crippen LogP contribution >= 0.6 is 15.9 Å². The van der Waals surface area contributed by atoms with Crippen molar-refractivity contribution in [3.05, 3.63) is 28.2 Å². The second kappa shape index (κ2) is 6.27. The van der Waals surface area contributed by atoms with Crippen molar-refractivity contribution in [1.29, 1.82) is 0 Å². The first-order valence-corrected chi connectivity index (χ1v) is 8.05. The average molecular weight is 325 g/mol. The highest BCUT2D eigenvalue weighted by atomic mass is 79.9. The van der Waals surface area contributed by atoms with Crippen molar-refractivity contribution >= 4 is 21.6 Å². The first kappa shape index (κ1) is 14.9. The molecule has 3 unspecified atom stereocenters. The van der Waals surface area contributed by atoms with Crippen LogP contribution in [0.1, 0.15) is 45.2 Å². The summed E-state index contributed by atoms with van der Waals surface area (Å²) in [6, 6.07) is 7.80. The van der Waals surface area contributed by atoms with Crippen molar-refractivity contribution in [2.24, 2.45) is 5.92 Å². The Hall–Kier alpha value is -0.540. The maximum Gasteiger partial charge on any atom is 0.0380 e. The normalized spacial score (nSPS) is 25.4. The van der Waals surface area contributed by atoms with Gasteiger partial charge in [0.15, 0.2) is 0 Å². The van der Waals surface area contributed by atoms with Crippen LogP contribution in [0.3, 0.4) is 0 Å². The fourth-order valence-electron chi connectivity index (χ4n) is 2.99. The van der Waals surface area contributed by atoms with Gasteiger partial charge in [-0.3, -0.25) is 0 Å². The molecule has 0 spiro atoms. The van der Waals surface area contributed by atoms with E-state index in [1.54, 1.807) is 0 Å². The molecule has 19 heavy (non-hydrogen) atoms. The van der Waals surface area contributed by atoms with Gasteiger partial charge in [0.2, 0.25) is 0 Å². The molecular formula is C16H25BrN2. The highest BCUT2D eigenvalue weighted by Crippen LogP contribution is 2.32. The fraction of sp³-hybridized carbons (Fsp3) is 0.625. The van der Waals surface area contributed by atoms with Crippen molar-refractivity contribution < 1.29 is 0 Å². The number of nitrogens with zero attached hydrogens (tertiary/aromatic N) is 1. The van der Waals surface area contributed by atoms with Crippen LogP contribution in [0.2, 0.25) is 0 Å². The second-order valence-electron chi connectivity index (χ2n) is 5.89. The van der Waals surface area contributed by atoms with E-state index in [0.29, 0.717) is 12.1 Å². The Morgan fingerprint density at radius 1 is 1.37 bits per heavy atom. The van der Waals surface area contributed by atoms with Gasteiger partial charge in [-0.25, -0.2) is 0 Å². The quantitative estimate of drug-likeness (QED) is 0.888. The SMILES string of the molecule is CNC(C)c1ccc(N2CCC(C)CC2C)cc1Br. The molecule has 1 aliphatic heterocycles. The average Bonchev–Trinajstić information content (AvgIpc) is 2.37. The molecule has 0 amide bonds. The lowest BCUT2D eigenvalue weighted by molar-refractivity contribution is 0.378. The Kier molecular flexibility index (Phi) is 4.91. The van der Waals surface area contributed by atoms with Crippen LogP contribution in [0.4, 0.5) is 5.69 Å². The third-order valence-electron chi connectivity index (χ3n) is 4.35. The molecule has 1 fully saturated rings. The van der Waals surface area contributed by atoms with Crippen molar-refractivity contribution in [3.8, 4) is 0 Å². The summed E-state index contributed by atoms with van der Waals surface area (Å²) in [5, 5.41) is 3.29. The maximum absolute atomic E-state index is 3.72. The first-order chi connectivity index (χ1) is 9.02. The number of nitrogens with one attached hydrogen (secondary N) is 1. The summed E-state index contributed by atoms with van der Waals surface area (Å²) >= 11 is 3.72. The van der Waals surface area contributed by atoms with Crippen molar-refractivity contribution in [1.82, 2.24) is 5.32 Å². The molecule has 1 heterocycles. The number of hydrogen-bond acceptors (Lipinski definition) is 2. The highest BCUT2D eigenvalue weighted by molar-refractivity contribution is 9.10. The molecule has 2 rings (SSSR count). The van der Waals surface area contributed by atoms with Gasteiger partial charge < -0.3 is 10.2 Å². The van der Waals surface area contributed by atoms with Gasteiger partial charge in [-0.1, -0.05) is 28.9 Å². The van der Waals surface area contributed by atoms with Crippen LogP contribution in [0.15, 0.2) is 22.7 Å². The minimum atomic E-state index is 0.377. The van der Waals surface area contributed by atoms with Gasteiger partial charge in [0, 0.05) is 28.8 Å². The summed E-state index contributed by atoms with van der Waals surface area (Å²) < 4.78 is 1.21. The Balaban J connectivity index is 2.20. The van der Waals surface area contributed by atoms with E-state index >= 15 is 0 Å². The summed E-state index contributed by atoms with van der Waals surface area (Å²) in [5.41, 5.74) is 2.67. The Bertz CT molecular complexity index is 433.